The number of carbonyl (C=O) groups excluding carboxylic acids is 1. The van der Waals surface area contributed by atoms with Gasteiger partial charge in [-0.05, 0) is 43.0 Å². The minimum Gasteiger partial charge on any atom is -0.338 e. The van der Waals surface area contributed by atoms with Crippen molar-refractivity contribution in [2.24, 2.45) is 5.73 Å². The maximum Gasteiger partial charge on any atom is 0.227 e. The molecule has 0 aromatic heterocycles. The van der Waals surface area contributed by atoms with Gasteiger partial charge in [-0.1, -0.05) is 18.2 Å². The van der Waals surface area contributed by atoms with Crippen LogP contribution in [-0.4, -0.2) is 36.0 Å². The second-order valence-corrected chi connectivity index (χ2v) is 5.94. The highest BCUT2D eigenvalue weighted by molar-refractivity contribution is 5.80. The fourth-order valence-corrected chi connectivity index (χ4v) is 3.36. The molecule has 1 aromatic carbocycles. The second kappa shape index (κ2) is 5.54. The summed E-state index contributed by atoms with van der Waals surface area (Å²) in [6.45, 7) is 4.78. The molecule has 4 nitrogen and oxygen atoms in total. The van der Waals surface area contributed by atoms with E-state index in [-0.39, 0.29) is 18.0 Å². The summed E-state index contributed by atoms with van der Waals surface area (Å²) >= 11 is 0. The first-order chi connectivity index (χ1) is 9.66. The van der Waals surface area contributed by atoms with Crippen LogP contribution in [0.4, 0.5) is 0 Å². The third kappa shape index (κ3) is 2.45. The van der Waals surface area contributed by atoms with Crippen molar-refractivity contribution in [2.75, 3.05) is 13.1 Å². The molecule has 2 unspecified atom stereocenters. The van der Waals surface area contributed by atoms with Crippen molar-refractivity contribution in [1.82, 2.24) is 10.2 Å². The number of amides is 1. The van der Waals surface area contributed by atoms with Crippen LogP contribution in [0.2, 0.25) is 0 Å². The summed E-state index contributed by atoms with van der Waals surface area (Å²) in [7, 11) is 0. The van der Waals surface area contributed by atoms with E-state index >= 15 is 0 Å². The minimum atomic E-state index is 0.132. The van der Waals surface area contributed by atoms with Gasteiger partial charge >= 0.3 is 0 Å². The third-order valence-corrected chi connectivity index (χ3v) is 4.71. The van der Waals surface area contributed by atoms with Crippen LogP contribution in [0.1, 0.15) is 30.0 Å². The molecule has 20 heavy (non-hydrogen) atoms. The van der Waals surface area contributed by atoms with Crippen molar-refractivity contribution in [2.45, 2.75) is 44.8 Å². The molecule has 2 aliphatic rings. The summed E-state index contributed by atoms with van der Waals surface area (Å²) in [6, 6.07) is 6.62. The summed E-state index contributed by atoms with van der Waals surface area (Å²) < 4.78 is 0. The van der Waals surface area contributed by atoms with Crippen molar-refractivity contribution >= 4 is 5.91 Å². The Balaban J connectivity index is 1.76. The molecule has 108 valence electrons. The molecule has 2 heterocycles. The van der Waals surface area contributed by atoms with E-state index in [1.807, 2.05) is 4.90 Å². The van der Waals surface area contributed by atoms with Gasteiger partial charge in [-0.2, -0.15) is 0 Å². The third-order valence-electron chi connectivity index (χ3n) is 4.71. The van der Waals surface area contributed by atoms with Gasteiger partial charge in [-0.25, -0.2) is 0 Å². The molecule has 1 saturated heterocycles. The van der Waals surface area contributed by atoms with Crippen LogP contribution in [0.15, 0.2) is 18.2 Å². The Kier molecular flexibility index (Phi) is 3.76. The van der Waals surface area contributed by atoms with E-state index < -0.39 is 0 Å². The van der Waals surface area contributed by atoms with Crippen LogP contribution >= 0.6 is 0 Å². The van der Waals surface area contributed by atoms with E-state index in [0.29, 0.717) is 6.42 Å². The molecule has 3 N–H and O–H groups in total. The molecule has 0 radical (unpaired) electrons. The van der Waals surface area contributed by atoms with Gasteiger partial charge in [0.1, 0.15) is 0 Å². The summed E-state index contributed by atoms with van der Waals surface area (Å²) in [5.74, 6) is 0.220. The molecule has 3 rings (SSSR count). The van der Waals surface area contributed by atoms with Gasteiger partial charge < -0.3 is 16.0 Å². The zero-order valence-corrected chi connectivity index (χ0v) is 12.1. The Morgan fingerprint density at radius 1 is 1.50 bits per heavy atom. The first-order valence-corrected chi connectivity index (χ1v) is 7.52. The molecule has 2 aliphatic heterocycles. The monoisotopic (exact) mass is 273 g/mol. The van der Waals surface area contributed by atoms with Crippen LogP contribution in [0, 0.1) is 0 Å². The minimum absolute atomic E-state index is 0.132. The Bertz CT molecular complexity index is 514. The lowest BCUT2D eigenvalue weighted by Crippen LogP contribution is -2.41. The summed E-state index contributed by atoms with van der Waals surface area (Å²) in [4.78, 5) is 14.5. The van der Waals surface area contributed by atoms with E-state index in [9.17, 15) is 4.79 Å². The molecule has 1 amide bonds. The van der Waals surface area contributed by atoms with Crippen LogP contribution in [0.5, 0.6) is 0 Å². The zero-order valence-electron chi connectivity index (χ0n) is 12.1. The Labute approximate surface area is 120 Å². The number of benzene rings is 1. The Morgan fingerprint density at radius 2 is 2.35 bits per heavy atom. The van der Waals surface area contributed by atoms with Crippen LogP contribution in [-0.2, 0) is 24.2 Å². The van der Waals surface area contributed by atoms with E-state index in [1.54, 1.807) is 0 Å². The predicted octanol–water partition coefficient (Wildman–Crippen LogP) is 0.823. The number of likely N-dealkylation sites (tertiary alicyclic amines) is 1. The average Bonchev–Trinajstić information content (AvgIpc) is 2.79. The normalized spacial score (nSPS) is 25.6. The maximum atomic E-state index is 12.5. The number of nitrogens with one attached hydrogen (secondary N) is 1. The number of carbonyl (C=O) groups is 1. The number of fused-ring (bicyclic) bond motifs is 1. The molecule has 4 heteroatoms. The van der Waals surface area contributed by atoms with Gasteiger partial charge in [0.2, 0.25) is 5.91 Å². The smallest absolute Gasteiger partial charge is 0.227 e. The quantitative estimate of drug-likeness (QED) is 0.839. The standard InChI is InChI=1S/C16H23N3O/c1-11-15(17)6-8-19(11)16(20)9-12-3-2-4-13-10-18-7-5-14(12)13/h2-4,11,15,18H,5-10,17H2,1H3. The highest BCUT2D eigenvalue weighted by atomic mass is 16.2. The molecule has 0 bridgehead atoms. The lowest BCUT2D eigenvalue weighted by atomic mass is 9.93. The molecule has 0 aliphatic carbocycles. The number of rotatable bonds is 2. The largest absolute Gasteiger partial charge is 0.338 e. The van der Waals surface area contributed by atoms with Crippen LogP contribution in [0.25, 0.3) is 0 Å². The van der Waals surface area contributed by atoms with E-state index in [0.717, 1.165) is 32.5 Å². The first kappa shape index (κ1) is 13.6. The molecule has 0 saturated carbocycles. The van der Waals surface area contributed by atoms with E-state index in [4.69, 9.17) is 5.73 Å². The fourth-order valence-electron chi connectivity index (χ4n) is 3.36. The molecule has 0 spiro atoms. The second-order valence-electron chi connectivity index (χ2n) is 5.94. The number of hydrogen-bond acceptors (Lipinski definition) is 3. The summed E-state index contributed by atoms with van der Waals surface area (Å²) in [5, 5.41) is 3.38. The van der Waals surface area contributed by atoms with Crippen molar-refractivity contribution in [3.8, 4) is 0 Å². The van der Waals surface area contributed by atoms with Gasteiger partial charge in [-0.3, -0.25) is 4.79 Å². The first-order valence-electron chi connectivity index (χ1n) is 7.52. The van der Waals surface area contributed by atoms with Gasteiger partial charge in [0.05, 0.1) is 6.42 Å². The summed E-state index contributed by atoms with van der Waals surface area (Å²) in [6.07, 6.45) is 2.46. The number of nitrogens with zero attached hydrogens (tertiary/aromatic N) is 1. The van der Waals surface area contributed by atoms with Gasteiger partial charge in [0, 0.05) is 25.2 Å². The molecule has 1 fully saturated rings. The number of nitrogens with two attached hydrogens (primary N) is 1. The predicted molar refractivity (Wildman–Crippen MR) is 79.3 cm³/mol. The maximum absolute atomic E-state index is 12.5. The number of hydrogen-bond donors (Lipinski definition) is 2. The zero-order chi connectivity index (χ0) is 14.1. The SMILES string of the molecule is CC1C(N)CCN1C(=O)Cc1cccc2c1CCNC2. The Morgan fingerprint density at radius 3 is 3.10 bits per heavy atom. The van der Waals surface area contributed by atoms with Crippen molar-refractivity contribution in [3.63, 3.8) is 0 Å². The topological polar surface area (TPSA) is 58.4 Å². The average molecular weight is 273 g/mol. The molecular formula is C16H23N3O. The van der Waals surface area contributed by atoms with Crippen molar-refractivity contribution in [3.05, 3.63) is 34.9 Å². The lowest BCUT2D eigenvalue weighted by Gasteiger charge is -2.25. The molecular weight excluding hydrogens is 250 g/mol. The molecule has 2 atom stereocenters. The highest BCUT2D eigenvalue weighted by Gasteiger charge is 2.31. The highest BCUT2D eigenvalue weighted by Crippen LogP contribution is 2.22. The lowest BCUT2D eigenvalue weighted by molar-refractivity contribution is -0.131. The molecule has 1 aromatic rings. The van der Waals surface area contributed by atoms with E-state index in [2.05, 4.69) is 30.4 Å². The fraction of sp³-hybridized carbons (Fsp3) is 0.562. The van der Waals surface area contributed by atoms with Crippen molar-refractivity contribution < 1.29 is 4.79 Å². The van der Waals surface area contributed by atoms with Gasteiger partial charge in [0.15, 0.2) is 0 Å². The summed E-state index contributed by atoms with van der Waals surface area (Å²) in [5.41, 5.74) is 9.92. The van der Waals surface area contributed by atoms with Gasteiger partial charge in [-0.15, -0.1) is 0 Å². The van der Waals surface area contributed by atoms with Crippen molar-refractivity contribution in [1.29, 1.82) is 0 Å². The van der Waals surface area contributed by atoms with Crippen LogP contribution < -0.4 is 11.1 Å². The van der Waals surface area contributed by atoms with Crippen LogP contribution in [0.3, 0.4) is 0 Å². The van der Waals surface area contributed by atoms with Gasteiger partial charge in [0.25, 0.3) is 0 Å². The van der Waals surface area contributed by atoms with E-state index in [1.165, 1.54) is 16.7 Å². The Hall–Kier alpha value is -1.39.